The highest BCUT2D eigenvalue weighted by Gasteiger charge is 2.21. The molecule has 0 saturated heterocycles. The number of aromatic nitrogens is 5. The van der Waals surface area contributed by atoms with E-state index >= 15 is 0 Å². The van der Waals surface area contributed by atoms with Crippen LogP contribution >= 0.6 is 0 Å². The summed E-state index contributed by atoms with van der Waals surface area (Å²) >= 11 is 0. The minimum Gasteiger partial charge on any atom is -0.311 e. The van der Waals surface area contributed by atoms with Gasteiger partial charge in [0.2, 0.25) is 5.91 Å². The van der Waals surface area contributed by atoms with Gasteiger partial charge in [-0.25, -0.2) is 14.6 Å². The van der Waals surface area contributed by atoms with Crippen molar-refractivity contribution in [3.8, 4) is 0 Å². The molecule has 0 aliphatic heterocycles. The lowest BCUT2D eigenvalue weighted by atomic mass is 10.1. The average Bonchev–Trinajstić information content (AvgIpc) is 2.98. The van der Waals surface area contributed by atoms with E-state index in [1.807, 2.05) is 33.8 Å². The molecule has 3 heterocycles. The molecule has 142 valence electrons. The second-order valence-corrected chi connectivity index (χ2v) is 7.60. The third kappa shape index (κ3) is 3.89. The second kappa shape index (κ2) is 6.94. The average molecular weight is 368 g/mol. The number of nitrogens with zero attached hydrogens (tertiary/aromatic N) is 5. The Hall–Kier alpha value is -3.03. The number of amides is 1. The summed E-state index contributed by atoms with van der Waals surface area (Å²) in [4.78, 5) is 33.7. The van der Waals surface area contributed by atoms with Crippen molar-refractivity contribution in [2.24, 2.45) is 0 Å². The summed E-state index contributed by atoms with van der Waals surface area (Å²) in [5.74, 6) is 0.856. The van der Waals surface area contributed by atoms with Crippen LogP contribution in [0.1, 0.15) is 38.6 Å². The molecule has 0 bridgehead atoms. The van der Waals surface area contributed by atoms with E-state index in [9.17, 15) is 9.59 Å². The van der Waals surface area contributed by atoms with Gasteiger partial charge in [-0.1, -0.05) is 0 Å². The Labute approximate surface area is 157 Å². The van der Waals surface area contributed by atoms with Crippen LogP contribution in [0.5, 0.6) is 0 Å². The first kappa shape index (κ1) is 18.8. The fourth-order valence-corrected chi connectivity index (χ4v) is 2.88. The highest BCUT2D eigenvalue weighted by Crippen LogP contribution is 2.18. The first-order valence-electron chi connectivity index (χ1n) is 8.85. The van der Waals surface area contributed by atoms with Crippen molar-refractivity contribution >= 4 is 22.8 Å². The zero-order valence-corrected chi connectivity index (χ0v) is 16.3. The van der Waals surface area contributed by atoms with Crippen molar-refractivity contribution in [1.82, 2.24) is 24.3 Å². The van der Waals surface area contributed by atoms with Gasteiger partial charge in [0, 0.05) is 19.2 Å². The lowest BCUT2D eigenvalue weighted by Gasteiger charge is -2.20. The number of anilines is 1. The number of carbonyl (C=O) groups is 1. The molecule has 3 aromatic heterocycles. The van der Waals surface area contributed by atoms with Crippen LogP contribution in [-0.4, -0.2) is 30.2 Å². The van der Waals surface area contributed by atoms with E-state index in [0.717, 1.165) is 5.56 Å². The Kier molecular flexibility index (Phi) is 4.82. The highest BCUT2D eigenvalue weighted by molar-refractivity contribution is 5.89. The monoisotopic (exact) mass is 368 g/mol. The SMILES string of the molecule is Cc1ccnc(NC(=O)CCn2c(C)nc3c(cnn3C(C)(C)C)c2=O)c1. The summed E-state index contributed by atoms with van der Waals surface area (Å²) in [6.07, 6.45) is 3.34. The molecule has 1 amide bonds. The molecule has 1 N–H and O–H groups in total. The number of fused-ring (bicyclic) bond motifs is 1. The normalized spacial score (nSPS) is 11.7. The van der Waals surface area contributed by atoms with Crippen LogP contribution in [0.2, 0.25) is 0 Å². The van der Waals surface area contributed by atoms with Gasteiger partial charge in [-0.15, -0.1) is 0 Å². The molecule has 0 fully saturated rings. The van der Waals surface area contributed by atoms with E-state index < -0.39 is 0 Å². The van der Waals surface area contributed by atoms with Gasteiger partial charge >= 0.3 is 0 Å². The van der Waals surface area contributed by atoms with Gasteiger partial charge in [-0.05, 0) is 52.3 Å². The van der Waals surface area contributed by atoms with E-state index in [1.54, 1.807) is 30.1 Å². The molecular formula is C19H24N6O2. The van der Waals surface area contributed by atoms with Gasteiger partial charge in [0.1, 0.15) is 17.0 Å². The molecule has 0 spiro atoms. The summed E-state index contributed by atoms with van der Waals surface area (Å²) < 4.78 is 3.26. The van der Waals surface area contributed by atoms with Gasteiger partial charge in [-0.3, -0.25) is 14.2 Å². The van der Waals surface area contributed by atoms with E-state index in [4.69, 9.17) is 0 Å². The van der Waals surface area contributed by atoms with Crippen molar-refractivity contribution in [2.45, 2.75) is 53.1 Å². The van der Waals surface area contributed by atoms with Crippen LogP contribution in [0, 0.1) is 13.8 Å². The van der Waals surface area contributed by atoms with Gasteiger partial charge in [0.15, 0.2) is 5.65 Å². The molecule has 0 unspecified atom stereocenters. The number of pyridine rings is 1. The Balaban J connectivity index is 1.81. The van der Waals surface area contributed by atoms with Crippen LogP contribution in [0.25, 0.3) is 11.0 Å². The van der Waals surface area contributed by atoms with Crippen LogP contribution in [0.15, 0.2) is 29.3 Å². The third-order valence-corrected chi connectivity index (χ3v) is 4.26. The molecule has 27 heavy (non-hydrogen) atoms. The number of hydrogen-bond donors (Lipinski definition) is 1. The van der Waals surface area contributed by atoms with Gasteiger partial charge in [0.25, 0.3) is 5.56 Å². The molecule has 0 atom stereocenters. The van der Waals surface area contributed by atoms with Crippen molar-refractivity contribution in [3.63, 3.8) is 0 Å². The van der Waals surface area contributed by atoms with E-state index in [0.29, 0.717) is 22.7 Å². The van der Waals surface area contributed by atoms with E-state index in [2.05, 4.69) is 20.4 Å². The standard InChI is InChI=1S/C19H24N6O2/c1-12-6-8-20-15(10-12)23-16(26)7-9-24-13(2)22-17-14(18(24)27)11-21-25(17)19(3,4)5/h6,8,10-11H,7,9H2,1-5H3,(H,20,23,26). The number of nitrogens with one attached hydrogen (secondary N) is 1. The Bertz CT molecular complexity index is 1060. The van der Waals surface area contributed by atoms with Crippen molar-refractivity contribution in [3.05, 3.63) is 46.3 Å². The van der Waals surface area contributed by atoms with Gasteiger partial charge < -0.3 is 5.32 Å². The van der Waals surface area contributed by atoms with Crippen LogP contribution in [0.3, 0.4) is 0 Å². The first-order chi connectivity index (χ1) is 12.7. The first-order valence-corrected chi connectivity index (χ1v) is 8.85. The third-order valence-electron chi connectivity index (χ3n) is 4.26. The van der Waals surface area contributed by atoms with Crippen LogP contribution in [0.4, 0.5) is 5.82 Å². The quantitative estimate of drug-likeness (QED) is 0.763. The largest absolute Gasteiger partial charge is 0.311 e. The molecule has 3 aromatic rings. The number of aryl methyl sites for hydroxylation is 2. The maximum Gasteiger partial charge on any atom is 0.264 e. The zero-order valence-electron chi connectivity index (χ0n) is 16.3. The molecule has 0 saturated carbocycles. The predicted octanol–water partition coefficient (Wildman–Crippen LogP) is 2.39. The van der Waals surface area contributed by atoms with Crippen molar-refractivity contribution in [2.75, 3.05) is 5.32 Å². The topological polar surface area (TPSA) is 94.7 Å². The molecule has 0 aromatic carbocycles. The van der Waals surface area contributed by atoms with Crippen LogP contribution in [-0.2, 0) is 16.9 Å². The molecular weight excluding hydrogens is 344 g/mol. The number of hydrogen-bond acceptors (Lipinski definition) is 5. The van der Waals surface area contributed by atoms with E-state index in [1.165, 1.54) is 4.57 Å². The maximum absolute atomic E-state index is 12.8. The lowest BCUT2D eigenvalue weighted by molar-refractivity contribution is -0.116. The summed E-state index contributed by atoms with van der Waals surface area (Å²) in [5, 5.41) is 7.53. The van der Waals surface area contributed by atoms with Crippen molar-refractivity contribution in [1.29, 1.82) is 0 Å². The van der Waals surface area contributed by atoms with Crippen molar-refractivity contribution < 1.29 is 4.79 Å². The maximum atomic E-state index is 12.8. The summed E-state index contributed by atoms with van der Waals surface area (Å²) in [7, 11) is 0. The minimum absolute atomic E-state index is 0.150. The molecule has 3 rings (SSSR count). The minimum atomic E-state index is -0.277. The molecule has 0 aliphatic rings. The summed E-state index contributed by atoms with van der Waals surface area (Å²) in [6, 6.07) is 3.65. The Morgan fingerprint density at radius 1 is 1.26 bits per heavy atom. The smallest absolute Gasteiger partial charge is 0.264 e. The lowest BCUT2D eigenvalue weighted by Crippen LogP contribution is -2.28. The van der Waals surface area contributed by atoms with Crippen LogP contribution < -0.4 is 10.9 Å². The zero-order chi connectivity index (χ0) is 19.8. The molecule has 0 radical (unpaired) electrons. The second-order valence-electron chi connectivity index (χ2n) is 7.60. The fourth-order valence-electron chi connectivity index (χ4n) is 2.88. The van der Waals surface area contributed by atoms with E-state index in [-0.39, 0.29) is 30.0 Å². The van der Waals surface area contributed by atoms with Gasteiger partial charge in [0.05, 0.1) is 11.7 Å². The Morgan fingerprint density at radius 3 is 2.67 bits per heavy atom. The van der Waals surface area contributed by atoms with Gasteiger partial charge in [-0.2, -0.15) is 5.10 Å². The number of rotatable bonds is 4. The summed E-state index contributed by atoms with van der Waals surface area (Å²) in [6.45, 7) is 9.95. The highest BCUT2D eigenvalue weighted by atomic mass is 16.2. The predicted molar refractivity (Wildman–Crippen MR) is 104 cm³/mol. The molecule has 0 aliphatic carbocycles. The summed E-state index contributed by atoms with van der Waals surface area (Å²) in [5.41, 5.74) is 1.11. The fraction of sp³-hybridized carbons (Fsp3) is 0.421. The Morgan fingerprint density at radius 2 is 2.00 bits per heavy atom. The molecule has 8 heteroatoms. The number of carbonyl (C=O) groups excluding carboxylic acids is 1. The molecule has 8 nitrogen and oxygen atoms in total.